The van der Waals surface area contributed by atoms with Gasteiger partial charge in [-0.15, -0.1) is 6.58 Å². The van der Waals surface area contributed by atoms with Crippen molar-refractivity contribution in [3.05, 3.63) is 46.6 Å². The number of aromatic amines is 1. The molecule has 13 heteroatoms. The summed E-state index contributed by atoms with van der Waals surface area (Å²) in [4.78, 5) is 27.8. The molecule has 2 aliphatic carbocycles. The molecule has 2 bridgehead atoms. The highest BCUT2D eigenvalue weighted by atomic mass is 16.7. The van der Waals surface area contributed by atoms with Gasteiger partial charge in [0.15, 0.2) is 11.2 Å². The van der Waals surface area contributed by atoms with E-state index in [1.165, 1.54) is 19.3 Å². The summed E-state index contributed by atoms with van der Waals surface area (Å²) in [6.07, 6.45) is -0.780. The number of carbonyl (C=O) groups excluding carboxylic acids is 1. The topological polar surface area (TPSA) is 208 Å². The second kappa shape index (κ2) is 12.9. The molecule has 46 heavy (non-hydrogen) atoms. The number of H-pyrrole nitrogens is 1. The zero-order valence-electron chi connectivity index (χ0n) is 26.4. The number of hydrogen-bond acceptors (Lipinski definition) is 11. The van der Waals surface area contributed by atoms with Gasteiger partial charge in [-0.3, -0.25) is 4.79 Å². The van der Waals surface area contributed by atoms with Gasteiger partial charge in [0.1, 0.15) is 24.6 Å². The maximum atomic E-state index is 12.5. The highest BCUT2D eigenvalue weighted by molar-refractivity contribution is 5.90. The standard InChI is InChI=1S/C33H45NO12/c1-5-18-20(14-27(38)39)19(29(40)43-4)8-9-24(18)44-32(16-37)31(42)11-10-22-21-13-23(17(2)3)34-28(21)25(7-6-12-35)45-33(22,30(31)41)26(15-36)46-32/h5,8,13,17-18,20,24,26,30,34-37,41-42H,1,6-7,9-12,14-16H2,2-4H3,(H,38,39). The van der Waals surface area contributed by atoms with E-state index in [2.05, 4.69) is 11.6 Å². The Hall–Kier alpha value is -3.04. The summed E-state index contributed by atoms with van der Waals surface area (Å²) in [5.41, 5.74) is -2.34. The molecule has 8 unspecified atom stereocenters. The quantitative estimate of drug-likeness (QED) is 0.115. The average molecular weight is 648 g/mol. The minimum atomic E-state index is -2.29. The predicted molar refractivity (Wildman–Crippen MR) is 162 cm³/mol. The maximum absolute atomic E-state index is 12.5. The number of rotatable bonds is 12. The van der Waals surface area contributed by atoms with Crippen molar-refractivity contribution in [1.82, 2.24) is 4.98 Å². The van der Waals surface area contributed by atoms with E-state index in [1.54, 1.807) is 0 Å². The van der Waals surface area contributed by atoms with Crippen LogP contribution in [-0.4, -0.2) is 110 Å². The van der Waals surface area contributed by atoms with Crippen LogP contribution in [0.5, 0.6) is 0 Å². The third kappa shape index (κ3) is 5.13. The third-order valence-electron chi connectivity index (χ3n) is 10.1. The van der Waals surface area contributed by atoms with Crippen LogP contribution < -0.4 is 10.6 Å². The van der Waals surface area contributed by atoms with Gasteiger partial charge in [0.2, 0.25) is 5.79 Å². The summed E-state index contributed by atoms with van der Waals surface area (Å²) in [5, 5.41) is 67.1. The lowest BCUT2D eigenvalue weighted by Crippen LogP contribution is -2.83. The summed E-state index contributed by atoms with van der Waals surface area (Å²) in [6, 6.07) is 1.97. The van der Waals surface area contributed by atoms with Gasteiger partial charge in [0.25, 0.3) is 0 Å². The molecule has 3 heterocycles. The first-order valence-corrected chi connectivity index (χ1v) is 15.7. The number of nitrogens with one attached hydrogen (secondary N) is 1. The van der Waals surface area contributed by atoms with Crippen LogP contribution in [-0.2, 0) is 28.5 Å². The van der Waals surface area contributed by atoms with Gasteiger partial charge in [0.05, 0.1) is 31.6 Å². The minimum absolute atomic E-state index is 0.0428. The van der Waals surface area contributed by atoms with E-state index < -0.39 is 78.7 Å². The van der Waals surface area contributed by atoms with E-state index in [0.29, 0.717) is 29.5 Å². The van der Waals surface area contributed by atoms with Crippen molar-refractivity contribution in [3.8, 4) is 0 Å². The van der Waals surface area contributed by atoms with E-state index >= 15 is 0 Å². The Balaban J connectivity index is 1.61. The molecule has 0 aromatic carbocycles. The number of ether oxygens (including phenoxy) is 4. The summed E-state index contributed by atoms with van der Waals surface area (Å²) in [7, 11) is 1.19. The minimum Gasteiger partial charge on any atom is -0.481 e. The molecule has 1 saturated heterocycles. The lowest BCUT2D eigenvalue weighted by atomic mass is 9.61. The number of aromatic nitrogens is 1. The van der Waals surface area contributed by atoms with Crippen LogP contribution in [0.1, 0.15) is 64.0 Å². The van der Waals surface area contributed by atoms with Crippen LogP contribution in [0, 0.1) is 11.8 Å². The van der Waals surface area contributed by atoms with Crippen molar-refractivity contribution in [3.63, 3.8) is 0 Å². The number of carboxylic acids is 1. The van der Waals surface area contributed by atoms with Crippen LogP contribution >= 0.6 is 0 Å². The molecule has 254 valence electrons. The lowest BCUT2D eigenvalue weighted by molar-refractivity contribution is -0.434. The van der Waals surface area contributed by atoms with E-state index in [1.807, 2.05) is 19.9 Å². The number of aliphatic hydroxyl groups excluding tert-OH is 4. The monoisotopic (exact) mass is 647 g/mol. The molecule has 1 aromatic heterocycles. The summed E-state index contributed by atoms with van der Waals surface area (Å²) >= 11 is 0. The molecule has 13 nitrogen and oxygen atoms in total. The van der Waals surface area contributed by atoms with E-state index in [0.717, 1.165) is 10.9 Å². The molecule has 7 N–H and O–H groups in total. The van der Waals surface area contributed by atoms with Crippen LogP contribution in [0.15, 0.2) is 30.4 Å². The third-order valence-corrected chi connectivity index (χ3v) is 10.1. The van der Waals surface area contributed by atoms with Gasteiger partial charge in [0, 0.05) is 41.3 Å². The molecule has 5 rings (SSSR count). The van der Waals surface area contributed by atoms with Crippen molar-refractivity contribution < 1.29 is 59.2 Å². The SMILES string of the molecule is C=CC1C(OC2(CO)OC(CO)C34OC(CCCO)=c5[nH]c(C(C)C)cc5=C3CCC2(O)C4O)CC=C(C(=O)OC)C1CC(=O)O. The Morgan fingerprint density at radius 2 is 2.00 bits per heavy atom. The molecular formula is C33H45NO12. The second-order valence-electron chi connectivity index (χ2n) is 12.9. The molecule has 1 saturated carbocycles. The number of fused-ring (bicyclic) bond motifs is 2. The fraction of sp³-hybridized carbons (Fsp3) is 0.636. The molecule has 0 radical (unpaired) electrons. The lowest BCUT2D eigenvalue weighted by Gasteiger charge is -2.64. The number of esters is 1. The van der Waals surface area contributed by atoms with Crippen LogP contribution in [0.4, 0.5) is 0 Å². The summed E-state index contributed by atoms with van der Waals surface area (Å²) in [6.45, 7) is 6.17. The molecule has 1 aromatic rings. The van der Waals surface area contributed by atoms with Crippen LogP contribution in [0.25, 0.3) is 11.3 Å². The first-order chi connectivity index (χ1) is 21.9. The number of carbonyl (C=O) groups is 2. The van der Waals surface area contributed by atoms with Crippen molar-refractivity contribution in [2.24, 2.45) is 11.8 Å². The normalized spacial score (nSPS) is 35.2. The number of carboxylic acid groups (broad SMARTS) is 1. The first-order valence-electron chi connectivity index (χ1n) is 15.7. The zero-order valence-corrected chi connectivity index (χ0v) is 26.4. The van der Waals surface area contributed by atoms with Gasteiger partial charge >= 0.3 is 11.9 Å². The largest absolute Gasteiger partial charge is 0.481 e. The van der Waals surface area contributed by atoms with Gasteiger partial charge < -0.3 is 54.6 Å². The Bertz CT molecular complexity index is 1510. The Labute approximate surface area is 266 Å². The fourth-order valence-electron chi connectivity index (χ4n) is 7.81. The van der Waals surface area contributed by atoms with Crippen LogP contribution in [0.3, 0.4) is 0 Å². The molecule has 8 atom stereocenters. The number of hydrogen-bond donors (Lipinski definition) is 7. The van der Waals surface area contributed by atoms with E-state index in [9.17, 15) is 40.2 Å². The number of methoxy groups -OCH3 is 1. The Morgan fingerprint density at radius 3 is 2.59 bits per heavy atom. The summed E-state index contributed by atoms with van der Waals surface area (Å²) < 4.78 is 24.3. The van der Waals surface area contributed by atoms with Crippen LogP contribution in [0.2, 0.25) is 0 Å². The Kier molecular flexibility index (Phi) is 9.60. The smallest absolute Gasteiger partial charge is 0.333 e. The van der Waals surface area contributed by atoms with Gasteiger partial charge in [-0.05, 0) is 43.2 Å². The number of aliphatic carboxylic acids is 1. The average Bonchev–Trinajstić information content (AvgIpc) is 3.49. The fourth-order valence-corrected chi connectivity index (χ4v) is 7.81. The van der Waals surface area contributed by atoms with E-state index in [-0.39, 0.29) is 37.4 Å². The van der Waals surface area contributed by atoms with Crippen molar-refractivity contribution in [1.29, 1.82) is 0 Å². The number of aliphatic hydroxyl groups is 5. The first kappa shape index (κ1) is 34.3. The van der Waals surface area contributed by atoms with E-state index in [4.69, 9.17) is 18.9 Å². The predicted octanol–water partition coefficient (Wildman–Crippen LogP) is -0.315. The van der Waals surface area contributed by atoms with Gasteiger partial charge in [-0.1, -0.05) is 26.0 Å². The Morgan fingerprint density at radius 1 is 1.26 bits per heavy atom. The summed E-state index contributed by atoms with van der Waals surface area (Å²) in [5.74, 6) is -5.29. The second-order valence-corrected chi connectivity index (χ2v) is 12.9. The maximum Gasteiger partial charge on any atom is 0.333 e. The zero-order chi connectivity index (χ0) is 33.6. The van der Waals surface area contributed by atoms with Crippen molar-refractivity contribution in [2.45, 2.75) is 93.6 Å². The molecule has 0 amide bonds. The highest BCUT2D eigenvalue weighted by Gasteiger charge is 2.75. The molecule has 2 fully saturated rings. The van der Waals surface area contributed by atoms with Crippen molar-refractivity contribution in [2.75, 3.05) is 26.9 Å². The molecule has 1 spiro atoms. The molecular weight excluding hydrogens is 602 g/mol. The van der Waals surface area contributed by atoms with Gasteiger partial charge in [-0.2, -0.15) is 0 Å². The molecule has 4 aliphatic rings. The molecule has 2 aliphatic heterocycles. The highest BCUT2D eigenvalue weighted by Crippen LogP contribution is 2.57. The van der Waals surface area contributed by atoms with Gasteiger partial charge in [-0.25, -0.2) is 4.79 Å². The van der Waals surface area contributed by atoms with Crippen molar-refractivity contribution >= 4 is 23.3 Å².